The van der Waals surface area contributed by atoms with Crippen molar-refractivity contribution in [2.75, 3.05) is 13.2 Å². The Morgan fingerprint density at radius 1 is 0.923 bits per heavy atom. The third kappa shape index (κ3) is 6.16. The number of carbonyl (C=O) groups excluding carboxylic acids is 3. The van der Waals surface area contributed by atoms with Crippen molar-refractivity contribution in [1.82, 2.24) is 5.32 Å². The molecule has 0 heterocycles. The van der Waals surface area contributed by atoms with Crippen molar-refractivity contribution in [3.63, 3.8) is 0 Å². The Morgan fingerprint density at radius 3 is 2.23 bits per heavy atom. The smallest absolute Gasteiger partial charge is 0.325 e. The van der Waals surface area contributed by atoms with Gasteiger partial charge in [-0.15, -0.1) is 0 Å². The standard InChI is InChI=1S/C21H23NO4/c1-15-11-16(2)13-18(12-15)21(25)22-14-20(24)26-10-6-9-19(23)17-7-4-3-5-8-17/h3-5,7-8,11-13H,6,9-10,14H2,1-2H3,(H,22,25). The molecule has 0 unspecified atom stereocenters. The van der Waals surface area contributed by atoms with Gasteiger partial charge in [0.2, 0.25) is 0 Å². The van der Waals surface area contributed by atoms with E-state index in [-0.39, 0.29) is 24.8 Å². The first kappa shape index (κ1) is 19.4. The number of ketones is 1. The molecule has 0 saturated carbocycles. The third-order valence-electron chi connectivity index (χ3n) is 3.78. The second-order valence-electron chi connectivity index (χ2n) is 6.17. The molecule has 0 aliphatic carbocycles. The van der Waals surface area contributed by atoms with Crippen molar-refractivity contribution in [1.29, 1.82) is 0 Å². The van der Waals surface area contributed by atoms with E-state index in [1.165, 1.54) is 0 Å². The average Bonchev–Trinajstić information content (AvgIpc) is 2.63. The van der Waals surface area contributed by atoms with Gasteiger partial charge in [-0.2, -0.15) is 0 Å². The molecule has 0 saturated heterocycles. The molecule has 5 heteroatoms. The van der Waals surface area contributed by atoms with Crippen molar-refractivity contribution in [2.24, 2.45) is 0 Å². The van der Waals surface area contributed by atoms with E-state index in [2.05, 4.69) is 5.32 Å². The summed E-state index contributed by atoms with van der Waals surface area (Å²) in [5, 5.41) is 2.55. The number of esters is 1. The molecular formula is C21H23NO4. The number of nitrogens with one attached hydrogen (secondary N) is 1. The molecule has 26 heavy (non-hydrogen) atoms. The highest BCUT2D eigenvalue weighted by Crippen LogP contribution is 2.08. The fraction of sp³-hybridized carbons (Fsp3) is 0.286. The summed E-state index contributed by atoms with van der Waals surface area (Å²) in [4.78, 5) is 35.7. The molecule has 2 aromatic rings. The van der Waals surface area contributed by atoms with E-state index < -0.39 is 5.97 Å². The molecule has 2 rings (SSSR count). The Kier molecular flexibility index (Phi) is 7.09. The van der Waals surface area contributed by atoms with Crippen molar-refractivity contribution >= 4 is 17.7 Å². The van der Waals surface area contributed by atoms with Gasteiger partial charge in [0.25, 0.3) is 5.91 Å². The minimum atomic E-state index is -0.519. The van der Waals surface area contributed by atoms with E-state index in [0.717, 1.165) is 11.1 Å². The molecule has 0 spiro atoms. The maximum Gasteiger partial charge on any atom is 0.325 e. The molecular weight excluding hydrogens is 330 g/mol. The lowest BCUT2D eigenvalue weighted by atomic mass is 10.1. The number of hydrogen-bond donors (Lipinski definition) is 1. The van der Waals surface area contributed by atoms with Crippen LogP contribution in [0, 0.1) is 13.8 Å². The van der Waals surface area contributed by atoms with Crippen LogP contribution >= 0.6 is 0 Å². The van der Waals surface area contributed by atoms with Crippen LogP contribution in [0.15, 0.2) is 48.5 Å². The Bertz CT molecular complexity index is 764. The lowest BCUT2D eigenvalue weighted by Gasteiger charge is -2.08. The quantitative estimate of drug-likeness (QED) is 0.449. The number of carbonyl (C=O) groups is 3. The first-order valence-corrected chi connectivity index (χ1v) is 8.56. The highest BCUT2D eigenvalue weighted by molar-refractivity contribution is 5.96. The second kappa shape index (κ2) is 9.51. The minimum Gasteiger partial charge on any atom is -0.464 e. The monoisotopic (exact) mass is 353 g/mol. The molecule has 0 aliphatic rings. The Labute approximate surface area is 153 Å². The molecule has 0 aliphatic heterocycles. The summed E-state index contributed by atoms with van der Waals surface area (Å²) < 4.78 is 5.06. The summed E-state index contributed by atoms with van der Waals surface area (Å²) in [6, 6.07) is 14.5. The molecule has 1 amide bonds. The number of aryl methyl sites for hydroxylation is 2. The third-order valence-corrected chi connectivity index (χ3v) is 3.78. The summed E-state index contributed by atoms with van der Waals surface area (Å²) in [7, 11) is 0. The molecule has 0 bridgehead atoms. The number of benzene rings is 2. The van der Waals surface area contributed by atoms with E-state index in [1.54, 1.807) is 24.3 Å². The number of rotatable bonds is 8. The van der Waals surface area contributed by atoms with Crippen LogP contribution < -0.4 is 5.32 Å². The first-order valence-electron chi connectivity index (χ1n) is 8.56. The summed E-state index contributed by atoms with van der Waals surface area (Å²) in [6.07, 6.45) is 0.761. The number of hydrogen-bond acceptors (Lipinski definition) is 4. The maximum absolute atomic E-state index is 12.1. The van der Waals surface area contributed by atoms with E-state index in [1.807, 2.05) is 38.1 Å². The second-order valence-corrected chi connectivity index (χ2v) is 6.17. The van der Waals surface area contributed by atoms with Gasteiger partial charge in [-0.3, -0.25) is 14.4 Å². The minimum absolute atomic E-state index is 0.0183. The Morgan fingerprint density at radius 2 is 1.58 bits per heavy atom. The van der Waals surface area contributed by atoms with Gasteiger partial charge in [-0.1, -0.05) is 47.5 Å². The van der Waals surface area contributed by atoms with Gasteiger partial charge in [0.15, 0.2) is 5.78 Å². The molecule has 136 valence electrons. The predicted molar refractivity (Wildman–Crippen MR) is 99.2 cm³/mol. The van der Waals surface area contributed by atoms with Gasteiger partial charge in [-0.25, -0.2) is 0 Å². The van der Waals surface area contributed by atoms with Crippen LogP contribution in [-0.2, 0) is 9.53 Å². The first-order chi connectivity index (χ1) is 12.5. The normalized spacial score (nSPS) is 10.2. The van der Waals surface area contributed by atoms with E-state index in [4.69, 9.17) is 4.74 Å². The van der Waals surface area contributed by atoms with Crippen molar-refractivity contribution in [3.8, 4) is 0 Å². The van der Waals surface area contributed by atoms with E-state index >= 15 is 0 Å². The fourth-order valence-corrected chi connectivity index (χ4v) is 2.60. The van der Waals surface area contributed by atoms with Crippen LogP contribution in [0.3, 0.4) is 0 Å². The molecule has 1 N–H and O–H groups in total. The number of Topliss-reactive ketones (excluding diaryl/α,β-unsaturated/α-hetero) is 1. The zero-order valence-electron chi connectivity index (χ0n) is 15.1. The molecule has 0 aromatic heterocycles. The van der Waals surface area contributed by atoms with Gasteiger partial charge < -0.3 is 10.1 Å². The van der Waals surface area contributed by atoms with Crippen LogP contribution in [0.5, 0.6) is 0 Å². The molecule has 0 radical (unpaired) electrons. The van der Waals surface area contributed by atoms with Gasteiger partial charge in [0, 0.05) is 17.5 Å². The van der Waals surface area contributed by atoms with E-state index in [0.29, 0.717) is 24.0 Å². The van der Waals surface area contributed by atoms with Crippen LogP contribution in [0.1, 0.15) is 44.7 Å². The Balaban J connectivity index is 1.67. The summed E-state index contributed by atoms with van der Waals surface area (Å²) >= 11 is 0. The van der Waals surface area contributed by atoms with Gasteiger partial charge in [-0.05, 0) is 32.4 Å². The molecule has 0 fully saturated rings. The molecule has 2 aromatic carbocycles. The van der Waals surface area contributed by atoms with Crippen LogP contribution in [-0.4, -0.2) is 30.8 Å². The van der Waals surface area contributed by atoms with Gasteiger partial charge in [0.1, 0.15) is 6.54 Å². The molecule has 5 nitrogen and oxygen atoms in total. The van der Waals surface area contributed by atoms with E-state index in [9.17, 15) is 14.4 Å². The zero-order chi connectivity index (χ0) is 18.9. The largest absolute Gasteiger partial charge is 0.464 e. The van der Waals surface area contributed by atoms with Crippen LogP contribution in [0.25, 0.3) is 0 Å². The van der Waals surface area contributed by atoms with Crippen LogP contribution in [0.4, 0.5) is 0 Å². The highest BCUT2D eigenvalue weighted by Gasteiger charge is 2.10. The number of amides is 1. The average molecular weight is 353 g/mol. The maximum atomic E-state index is 12.1. The molecule has 0 atom stereocenters. The highest BCUT2D eigenvalue weighted by atomic mass is 16.5. The van der Waals surface area contributed by atoms with Gasteiger partial charge in [0.05, 0.1) is 6.61 Å². The van der Waals surface area contributed by atoms with Gasteiger partial charge >= 0.3 is 5.97 Å². The fourth-order valence-electron chi connectivity index (χ4n) is 2.60. The van der Waals surface area contributed by atoms with Crippen molar-refractivity contribution < 1.29 is 19.1 Å². The van der Waals surface area contributed by atoms with Crippen molar-refractivity contribution in [3.05, 3.63) is 70.8 Å². The van der Waals surface area contributed by atoms with Crippen molar-refractivity contribution in [2.45, 2.75) is 26.7 Å². The SMILES string of the molecule is Cc1cc(C)cc(C(=O)NCC(=O)OCCCC(=O)c2ccccc2)c1. The Hall–Kier alpha value is -2.95. The lowest BCUT2D eigenvalue weighted by Crippen LogP contribution is -2.30. The topological polar surface area (TPSA) is 72.5 Å². The summed E-state index contributed by atoms with van der Waals surface area (Å²) in [5.74, 6) is -0.812. The predicted octanol–water partition coefficient (Wildman–Crippen LogP) is 3.24. The number of ether oxygens (including phenoxy) is 1. The van der Waals surface area contributed by atoms with Crippen LogP contribution in [0.2, 0.25) is 0 Å². The zero-order valence-corrected chi connectivity index (χ0v) is 15.1. The summed E-state index contributed by atoms with van der Waals surface area (Å²) in [5.41, 5.74) is 3.14. The summed E-state index contributed by atoms with van der Waals surface area (Å²) in [6.45, 7) is 3.78. The lowest BCUT2D eigenvalue weighted by molar-refractivity contribution is -0.142.